The minimum absolute atomic E-state index is 0.774. The monoisotopic (exact) mass is 241 g/mol. The topological polar surface area (TPSA) is 37.8 Å². The number of hydrogen-bond acceptors (Lipinski definition) is 4. The first-order valence-corrected chi connectivity index (χ1v) is 6.18. The number of pyridine rings is 1. The molecule has 0 radical (unpaired) electrons. The van der Waals surface area contributed by atoms with Crippen LogP contribution in [0.4, 0.5) is 5.82 Å². The molecule has 0 amide bonds. The average molecular weight is 241 g/mol. The molecule has 84 valence electrons. The summed E-state index contributed by atoms with van der Waals surface area (Å²) in [5.41, 5.74) is 1.21. The predicted octanol–water partition coefficient (Wildman–Crippen LogP) is 3.30. The lowest BCUT2D eigenvalue weighted by Crippen LogP contribution is -1.99. The average Bonchev–Trinajstić information content (AvgIpc) is 2.81. The van der Waals surface area contributed by atoms with Crippen molar-refractivity contribution in [1.29, 1.82) is 0 Å². The molecule has 0 saturated heterocycles. The molecule has 0 fully saturated rings. The Labute approximate surface area is 103 Å². The van der Waals surface area contributed by atoms with Crippen LogP contribution in [0.25, 0.3) is 10.1 Å². The molecule has 0 saturated carbocycles. The van der Waals surface area contributed by atoms with Gasteiger partial charge in [-0.2, -0.15) is 4.37 Å². The first-order valence-electron chi connectivity index (χ1n) is 5.41. The fourth-order valence-electron chi connectivity index (χ4n) is 1.70. The first-order chi connectivity index (χ1) is 8.43. The van der Waals surface area contributed by atoms with Crippen molar-refractivity contribution < 1.29 is 0 Å². The van der Waals surface area contributed by atoms with Gasteiger partial charge in [-0.15, -0.1) is 0 Å². The van der Waals surface area contributed by atoms with Crippen LogP contribution in [-0.4, -0.2) is 9.36 Å². The van der Waals surface area contributed by atoms with Crippen molar-refractivity contribution >= 4 is 27.4 Å². The van der Waals surface area contributed by atoms with Crippen molar-refractivity contribution in [3.8, 4) is 0 Å². The van der Waals surface area contributed by atoms with Gasteiger partial charge in [0.2, 0.25) is 0 Å². The molecule has 0 unspecified atom stereocenters. The predicted molar refractivity (Wildman–Crippen MR) is 71.2 cm³/mol. The van der Waals surface area contributed by atoms with E-state index in [0.717, 1.165) is 12.4 Å². The molecule has 0 aliphatic heterocycles. The second-order valence-electron chi connectivity index (χ2n) is 3.74. The van der Waals surface area contributed by atoms with Gasteiger partial charge in [0.05, 0.1) is 4.70 Å². The number of nitrogens with one attached hydrogen (secondary N) is 1. The second-order valence-corrected chi connectivity index (χ2v) is 4.54. The van der Waals surface area contributed by atoms with Crippen LogP contribution in [0.5, 0.6) is 0 Å². The molecule has 4 heteroatoms. The minimum atomic E-state index is 0.774. The Morgan fingerprint density at radius 1 is 1.06 bits per heavy atom. The van der Waals surface area contributed by atoms with E-state index in [9.17, 15) is 0 Å². The van der Waals surface area contributed by atoms with Crippen molar-refractivity contribution in [2.24, 2.45) is 0 Å². The molecule has 0 spiro atoms. The van der Waals surface area contributed by atoms with E-state index in [-0.39, 0.29) is 0 Å². The lowest BCUT2D eigenvalue weighted by molar-refractivity contribution is 1.12. The Kier molecular flexibility index (Phi) is 2.71. The smallest absolute Gasteiger partial charge is 0.147 e. The van der Waals surface area contributed by atoms with Crippen LogP contribution in [0.15, 0.2) is 48.8 Å². The van der Waals surface area contributed by atoms with Gasteiger partial charge in [0.15, 0.2) is 0 Å². The summed E-state index contributed by atoms with van der Waals surface area (Å²) in [7, 11) is 0. The van der Waals surface area contributed by atoms with E-state index in [0.29, 0.717) is 0 Å². The van der Waals surface area contributed by atoms with Gasteiger partial charge in [0, 0.05) is 24.3 Å². The molecule has 3 rings (SSSR count). The normalized spacial score (nSPS) is 10.6. The maximum Gasteiger partial charge on any atom is 0.147 e. The second kappa shape index (κ2) is 4.51. The largest absolute Gasteiger partial charge is 0.365 e. The summed E-state index contributed by atoms with van der Waals surface area (Å²) in [5, 5.41) is 4.54. The maximum atomic E-state index is 4.43. The Morgan fingerprint density at radius 2 is 1.88 bits per heavy atom. The van der Waals surface area contributed by atoms with Gasteiger partial charge in [0.1, 0.15) is 5.82 Å². The number of aromatic nitrogens is 2. The van der Waals surface area contributed by atoms with E-state index >= 15 is 0 Å². The molecule has 17 heavy (non-hydrogen) atoms. The highest BCUT2D eigenvalue weighted by Crippen LogP contribution is 2.26. The zero-order chi connectivity index (χ0) is 11.5. The third-order valence-corrected chi connectivity index (χ3v) is 3.41. The summed E-state index contributed by atoms with van der Waals surface area (Å²) in [5.74, 6) is 0.961. The summed E-state index contributed by atoms with van der Waals surface area (Å²) >= 11 is 1.52. The van der Waals surface area contributed by atoms with Crippen LogP contribution < -0.4 is 5.32 Å². The zero-order valence-corrected chi connectivity index (χ0v) is 9.95. The van der Waals surface area contributed by atoms with Crippen LogP contribution in [0.1, 0.15) is 5.56 Å². The number of fused-ring (bicyclic) bond motifs is 1. The van der Waals surface area contributed by atoms with Gasteiger partial charge in [-0.05, 0) is 41.4 Å². The molecule has 1 aromatic carbocycles. The summed E-state index contributed by atoms with van der Waals surface area (Å²) in [6.45, 7) is 0.774. The molecule has 0 aliphatic carbocycles. The summed E-state index contributed by atoms with van der Waals surface area (Å²) in [6.07, 6.45) is 3.60. The van der Waals surface area contributed by atoms with Gasteiger partial charge >= 0.3 is 0 Å². The molecule has 3 aromatic rings. The van der Waals surface area contributed by atoms with Crippen LogP contribution in [0.2, 0.25) is 0 Å². The van der Waals surface area contributed by atoms with Crippen molar-refractivity contribution in [3.05, 3.63) is 54.4 Å². The van der Waals surface area contributed by atoms with Crippen molar-refractivity contribution in [3.63, 3.8) is 0 Å². The van der Waals surface area contributed by atoms with Gasteiger partial charge < -0.3 is 5.32 Å². The van der Waals surface area contributed by atoms with Crippen molar-refractivity contribution in [1.82, 2.24) is 9.36 Å². The summed E-state index contributed by atoms with van der Waals surface area (Å²) in [4.78, 5) is 4.00. The summed E-state index contributed by atoms with van der Waals surface area (Å²) in [6, 6.07) is 12.3. The van der Waals surface area contributed by atoms with Gasteiger partial charge in [-0.1, -0.05) is 12.1 Å². The minimum Gasteiger partial charge on any atom is -0.365 e. The quantitative estimate of drug-likeness (QED) is 0.764. The number of anilines is 1. The van der Waals surface area contributed by atoms with Crippen molar-refractivity contribution in [2.75, 3.05) is 5.32 Å². The van der Waals surface area contributed by atoms with Gasteiger partial charge in [0.25, 0.3) is 0 Å². The highest BCUT2D eigenvalue weighted by molar-refractivity contribution is 7.13. The SMILES string of the molecule is c1ccc2c(NCc3ccncc3)nsc2c1. The Hall–Kier alpha value is -1.94. The molecule has 3 nitrogen and oxygen atoms in total. The van der Waals surface area contributed by atoms with E-state index < -0.39 is 0 Å². The highest BCUT2D eigenvalue weighted by atomic mass is 32.1. The van der Waals surface area contributed by atoms with E-state index in [1.165, 1.54) is 27.2 Å². The molecule has 0 bridgehead atoms. The molecule has 2 aromatic heterocycles. The third-order valence-electron chi connectivity index (χ3n) is 2.59. The fourth-order valence-corrected chi connectivity index (χ4v) is 2.45. The highest BCUT2D eigenvalue weighted by Gasteiger charge is 2.04. The lowest BCUT2D eigenvalue weighted by atomic mass is 10.2. The Morgan fingerprint density at radius 3 is 2.76 bits per heavy atom. The summed E-state index contributed by atoms with van der Waals surface area (Å²) < 4.78 is 5.64. The van der Waals surface area contributed by atoms with Crippen LogP contribution >= 0.6 is 11.5 Å². The number of rotatable bonds is 3. The number of benzene rings is 1. The van der Waals surface area contributed by atoms with Crippen LogP contribution in [0, 0.1) is 0 Å². The molecular formula is C13H11N3S. The van der Waals surface area contributed by atoms with E-state index in [4.69, 9.17) is 0 Å². The van der Waals surface area contributed by atoms with Gasteiger partial charge in [-0.25, -0.2) is 0 Å². The van der Waals surface area contributed by atoms with E-state index in [1.54, 1.807) is 12.4 Å². The maximum absolute atomic E-state index is 4.43. The molecule has 0 atom stereocenters. The van der Waals surface area contributed by atoms with E-state index in [1.807, 2.05) is 24.3 Å². The molecule has 1 N–H and O–H groups in total. The lowest BCUT2D eigenvalue weighted by Gasteiger charge is -2.03. The standard InChI is InChI=1S/C13H11N3S/c1-2-4-12-11(3-1)13(16-17-12)15-9-10-5-7-14-8-6-10/h1-8H,9H2,(H,15,16). The zero-order valence-electron chi connectivity index (χ0n) is 9.13. The number of nitrogens with zero attached hydrogens (tertiary/aromatic N) is 2. The van der Waals surface area contributed by atoms with Crippen LogP contribution in [0.3, 0.4) is 0 Å². The molecular weight excluding hydrogens is 230 g/mol. The Bertz CT molecular complexity index is 619. The van der Waals surface area contributed by atoms with Crippen LogP contribution in [-0.2, 0) is 6.54 Å². The van der Waals surface area contributed by atoms with E-state index in [2.05, 4.69) is 26.8 Å². The van der Waals surface area contributed by atoms with Gasteiger partial charge in [-0.3, -0.25) is 4.98 Å². The third kappa shape index (κ3) is 2.12. The molecule has 0 aliphatic rings. The molecule has 2 heterocycles. The fraction of sp³-hybridized carbons (Fsp3) is 0.0769. The Balaban J connectivity index is 1.82. The van der Waals surface area contributed by atoms with Crippen molar-refractivity contribution in [2.45, 2.75) is 6.54 Å². The first kappa shape index (κ1) is 10.2. The number of hydrogen-bond donors (Lipinski definition) is 1.